The molecule has 1 heterocycles. The van der Waals surface area contributed by atoms with Gasteiger partial charge in [0.2, 0.25) is 0 Å². The van der Waals surface area contributed by atoms with E-state index >= 15 is 0 Å². The third-order valence-corrected chi connectivity index (χ3v) is 2.72. The molecule has 0 aliphatic rings. The molecule has 6 heteroatoms. The summed E-state index contributed by atoms with van der Waals surface area (Å²) in [4.78, 5) is 14.7. The molecule has 0 saturated heterocycles. The second kappa shape index (κ2) is 5.81. The number of pyridine rings is 1. The van der Waals surface area contributed by atoms with Crippen molar-refractivity contribution >= 4 is 17.1 Å². The van der Waals surface area contributed by atoms with E-state index in [1.54, 1.807) is 37.6 Å². The molecule has 2 rings (SSSR count). The van der Waals surface area contributed by atoms with Crippen molar-refractivity contribution in [3.63, 3.8) is 0 Å². The number of para-hydroxylation sites is 1. The molecule has 0 atom stereocenters. The third kappa shape index (κ3) is 2.98. The van der Waals surface area contributed by atoms with Gasteiger partial charge in [-0.05, 0) is 29.8 Å². The summed E-state index contributed by atoms with van der Waals surface area (Å²) in [6.07, 6.45) is 3.38. The topological polar surface area (TPSA) is 80.1 Å². The zero-order valence-corrected chi connectivity index (χ0v) is 10.5. The molecule has 6 nitrogen and oxygen atoms in total. The molecular formula is C13H14N4O2. The SMILES string of the molecule is CNc1cccc(NCc2ccncc2)c1[N+](=O)[O-]. The Morgan fingerprint density at radius 1 is 1.21 bits per heavy atom. The summed E-state index contributed by atoms with van der Waals surface area (Å²) in [5.41, 5.74) is 2.05. The van der Waals surface area contributed by atoms with Gasteiger partial charge >= 0.3 is 5.69 Å². The van der Waals surface area contributed by atoms with Gasteiger partial charge in [-0.25, -0.2) is 0 Å². The average molecular weight is 258 g/mol. The summed E-state index contributed by atoms with van der Waals surface area (Å²) in [5.74, 6) is 0. The summed E-state index contributed by atoms with van der Waals surface area (Å²) in [6, 6.07) is 8.87. The van der Waals surface area contributed by atoms with Gasteiger partial charge in [-0.1, -0.05) is 6.07 Å². The lowest BCUT2D eigenvalue weighted by Gasteiger charge is -2.09. The molecular weight excluding hydrogens is 244 g/mol. The summed E-state index contributed by atoms with van der Waals surface area (Å²) >= 11 is 0. The maximum Gasteiger partial charge on any atom is 0.315 e. The van der Waals surface area contributed by atoms with E-state index in [1.807, 2.05) is 12.1 Å². The predicted molar refractivity (Wildman–Crippen MR) is 74.2 cm³/mol. The number of nitro benzene ring substituents is 1. The molecule has 0 bridgehead atoms. The molecule has 0 aliphatic carbocycles. The highest BCUT2D eigenvalue weighted by Gasteiger charge is 2.18. The van der Waals surface area contributed by atoms with E-state index in [0.717, 1.165) is 5.56 Å². The molecule has 0 spiro atoms. The number of hydrogen-bond acceptors (Lipinski definition) is 5. The van der Waals surface area contributed by atoms with Crippen LogP contribution in [-0.2, 0) is 6.54 Å². The fraction of sp³-hybridized carbons (Fsp3) is 0.154. The summed E-state index contributed by atoms with van der Waals surface area (Å²) in [6.45, 7) is 0.510. The normalized spacial score (nSPS) is 9.95. The van der Waals surface area contributed by atoms with Crippen LogP contribution in [0.3, 0.4) is 0 Å². The lowest BCUT2D eigenvalue weighted by Crippen LogP contribution is -2.04. The number of aromatic nitrogens is 1. The Morgan fingerprint density at radius 2 is 1.89 bits per heavy atom. The zero-order chi connectivity index (χ0) is 13.7. The maximum atomic E-state index is 11.1. The third-order valence-electron chi connectivity index (χ3n) is 2.72. The average Bonchev–Trinajstić information content (AvgIpc) is 2.45. The highest BCUT2D eigenvalue weighted by atomic mass is 16.6. The molecule has 0 fully saturated rings. The van der Waals surface area contributed by atoms with Crippen LogP contribution >= 0.6 is 0 Å². The van der Waals surface area contributed by atoms with Crippen molar-refractivity contribution in [1.29, 1.82) is 0 Å². The molecule has 0 unspecified atom stereocenters. The first-order valence-electron chi connectivity index (χ1n) is 5.80. The summed E-state index contributed by atoms with van der Waals surface area (Å²) in [7, 11) is 1.66. The molecule has 98 valence electrons. The van der Waals surface area contributed by atoms with Gasteiger partial charge < -0.3 is 10.6 Å². The highest BCUT2D eigenvalue weighted by molar-refractivity contribution is 5.76. The minimum atomic E-state index is -0.388. The Hall–Kier alpha value is -2.63. The fourth-order valence-corrected chi connectivity index (χ4v) is 1.78. The Bertz CT molecular complexity index is 572. The number of hydrogen-bond donors (Lipinski definition) is 2. The fourth-order valence-electron chi connectivity index (χ4n) is 1.78. The van der Waals surface area contributed by atoms with E-state index in [1.165, 1.54) is 0 Å². The maximum absolute atomic E-state index is 11.1. The van der Waals surface area contributed by atoms with Gasteiger partial charge in [0.15, 0.2) is 0 Å². The quantitative estimate of drug-likeness (QED) is 0.636. The Kier molecular flexibility index (Phi) is 3.92. The van der Waals surface area contributed by atoms with Crippen LogP contribution in [0.4, 0.5) is 17.1 Å². The van der Waals surface area contributed by atoms with Crippen LogP contribution in [-0.4, -0.2) is 17.0 Å². The van der Waals surface area contributed by atoms with Crippen molar-refractivity contribution in [2.75, 3.05) is 17.7 Å². The second-order valence-electron chi connectivity index (χ2n) is 3.92. The number of nitrogens with one attached hydrogen (secondary N) is 2. The zero-order valence-electron chi connectivity index (χ0n) is 10.5. The van der Waals surface area contributed by atoms with E-state index in [0.29, 0.717) is 17.9 Å². The van der Waals surface area contributed by atoms with Crippen LogP contribution in [0.15, 0.2) is 42.7 Å². The predicted octanol–water partition coefficient (Wildman–Crippen LogP) is 2.64. The van der Waals surface area contributed by atoms with Crippen LogP contribution in [0.5, 0.6) is 0 Å². The van der Waals surface area contributed by atoms with Crippen LogP contribution < -0.4 is 10.6 Å². The molecule has 0 aliphatic heterocycles. The summed E-state index contributed by atoms with van der Waals surface area (Å²) in [5, 5.41) is 17.0. The van der Waals surface area contributed by atoms with Crippen LogP contribution in [0.25, 0.3) is 0 Å². The number of anilines is 2. The molecule has 19 heavy (non-hydrogen) atoms. The van der Waals surface area contributed by atoms with Crippen molar-refractivity contribution in [3.05, 3.63) is 58.4 Å². The van der Waals surface area contributed by atoms with E-state index in [2.05, 4.69) is 15.6 Å². The lowest BCUT2D eigenvalue weighted by atomic mass is 10.2. The van der Waals surface area contributed by atoms with Crippen LogP contribution in [0.1, 0.15) is 5.56 Å². The highest BCUT2D eigenvalue weighted by Crippen LogP contribution is 2.32. The Labute approximate surface area is 110 Å². The first-order chi connectivity index (χ1) is 9.22. The monoisotopic (exact) mass is 258 g/mol. The second-order valence-corrected chi connectivity index (χ2v) is 3.92. The number of nitrogens with zero attached hydrogens (tertiary/aromatic N) is 2. The largest absolute Gasteiger partial charge is 0.382 e. The van der Waals surface area contributed by atoms with Gasteiger partial charge in [0.05, 0.1) is 4.92 Å². The van der Waals surface area contributed by atoms with Crippen molar-refractivity contribution in [2.45, 2.75) is 6.54 Å². The minimum absolute atomic E-state index is 0.0547. The number of nitro groups is 1. The van der Waals surface area contributed by atoms with Crippen molar-refractivity contribution < 1.29 is 4.92 Å². The van der Waals surface area contributed by atoms with E-state index in [-0.39, 0.29) is 10.6 Å². The van der Waals surface area contributed by atoms with Gasteiger partial charge in [-0.15, -0.1) is 0 Å². The molecule has 0 saturated carbocycles. The lowest BCUT2D eigenvalue weighted by molar-refractivity contribution is -0.383. The molecule has 0 amide bonds. The van der Waals surface area contributed by atoms with Gasteiger partial charge in [0.25, 0.3) is 0 Å². The standard InChI is InChI=1S/C13H14N4O2/c1-14-11-3-2-4-12(13(11)17(18)19)16-9-10-5-7-15-8-6-10/h2-8,14,16H,9H2,1H3. The van der Waals surface area contributed by atoms with E-state index in [9.17, 15) is 10.1 Å². The smallest absolute Gasteiger partial charge is 0.315 e. The Balaban J connectivity index is 2.23. The van der Waals surface area contributed by atoms with E-state index in [4.69, 9.17) is 0 Å². The van der Waals surface area contributed by atoms with Gasteiger partial charge in [0, 0.05) is 26.0 Å². The van der Waals surface area contributed by atoms with Crippen molar-refractivity contribution in [3.8, 4) is 0 Å². The van der Waals surface area contributed by atoms with Crippen LogP contribution in [0, 0.1) is 10.1 Å². The Morgan fingerprint density at radius 3 is 2.53 bits per heavy atom. The molecule has 2 aromatic rings. The first-order valence-corrected chi connectivity index (χ1v) is 5.80. The van der Waals surface area contributed by atoms with Crippen molar-refractivity contribution in [2.24, 2.45) is 0 Å². The van der Waals surface area contributed by atoms with Gasteiger partial charge in [-0.2, -0.15) is 0 Å². The molecule has 2 N–H and O–H groups in total. The van der Waals surface area contributed by atoms with E-state index < -0.39 is 0 Å². The minimum Gasteiger partial charge on any atom is -0.382 e. The first kappa shape index (κ1) is 12.8. The van der Waals surface area contributed by atoms with Gasteiger partial charge in [-0.3, -0.25) is 15.1 Å². The summed E-state index contributed by atoms with van der Waals surface area (Å²) < 4.78 is 0. The van der Waals surface area contributed by atoms with Crippen molar-refractivity contribution in [1.82, 2.24) is 4.98 Å². The molecule has 0 radical (unpaired) electrons. The van der Waals surface area contributed by atoms with Crippen LogP contribution in [0.2, 0.25) is 0 Å². The molecule has 1 aromatic heterocycles. The number of rotatable bonds is 5. The number of benzene rings is 1. The van der Waals surface area contributed by atoms with Gasteiger partial charge in [0.1, 0.15) is 11.4 Å². The molecule has 1 aromatic carbocycles.